The topological polar surface area (TPSA) is 89.3 Å². The summed E-state index contributed by atoms with van der Waals surface area (Å²) < 4.78 is 3.63. The maximum Gasteiger partial charge on any atom is 0.242 e. The fourth-order valence-electron chi connectivity index (χ4n) is 1.36. The molecule has 70 valence electrons. The maximum absolute atomic E-state index is 5.74. The normalized spacial score (nSPS) is 11.4. The minimum atomic E-state index is 0.470. The zero-order valence-corrected chi connectivity index (χ0v) is 7.69. The summed E-state index contributed by atoms with van der Waals surface area (Å²) in [5.74, 6) is 1.03. The van der Waals surface area contributed by atoms with Crippen LogP contribution >= 0.6 is 12.2 Å². The Kier molecular flexibility index (Phi) is 1.22. The van der Waals surface area contributed by atoms with Gasteiger partial charge in [0.1, 0.15) is 12.1 Å². The number of hydrogen-bond donors (Lipinski definition) is 2. The smallest absolute Gasteiger partial charge is 0.242 e. The van der Waals surface area contributed by atoms with Crippen molar-refractivity contribution in [2.24, 2.45) is 0 Å². The number of aromatic nitrogens is 6. The molecule has 8 heteroatoms. The fraction of sp³-hybridized carbons (Fsp3) is 0. The van der Waals surface area contributed by atoms with Crippen LogP contribution < -0.4 is 5.73 Å². The van der Waals surface area contributed by atoms with E-state index in [-0.39, 0.29) is 0 Å². The van der Waals surface area contributed by atoms with Crippen molar-refractivity contribution < 1.29 is 0 Å². The predicted octanol–water partition coefficient (Wildman–Crippen LogP) is 0.0168. The molecule has 0 aliphatic carbocycles. The van der Waals surface area contributed by atoms with E-state index in [0.717, 1.165) is 0 Å². The molecule has 0 atom stereocenters. The van der Waals surface area contributed by atoms with Crippen LogP contribution in [0.2, 0.25) is 0 Å². The Morgan fingerprint density at radius 3 is 3.21 bits per heavy atom. The van der Waals surface area contributed by atoms with Crippen molar-refractivity contribution in [3.63, 3.8) is 0 Å². The monoisotopic (exact) mass is 207 g/mol. The largest absolute Gasteiger partial charge is 0.383 e. The van der Waals surface area contributed by atoms with Gasteiger partial charge in [0, 0.05) is 6.07 Å². The molecule has 0 bridgehead atoms. The summed E-state index contributed by atoms with van der Waals surface area (Å²) in [5.41, 5.74) is 6.37. The van der Waals surface area contributed by atoms with Gasteiger partial charge in [0.05, 0.1) is 0 Å². The summed E-state index contributed by atoms with van der Waals surface area (Å²) in [5, 5.41) is 10.6. The third-order valence-corrected chi connectivity index (χ3v) is 2.22. The van der Waals surface area contributed by atoms with E-state index < -0.39 is 0 Å². The Hall–Kier alpha value is -1.96. The Labute approximate surface area is 82.2 Å². The molecule has 0 unspecified atom stereocenters. The number of rotatable bonds is 0. The van der Waals surface area contributed by atoms with Crippen LogP contribution in [0.25, 0.3) is 11.4 Å². The first-order valence-corrected chi connectivity index (χ1v) is 4.23. The number of nitrogens with one attached hydrogen (secondary N) is 1. The van der Waals surface area contributed by atoms with Gasteiger partial charge in [-0.15, -0.1) is 0 Å². The van der Waals surface area contributed by atoms with Crippen molar-refractivity contribution in [3.05, 3.63) is 17.2 Å². The second-order valence-electron chi connectivity index (χ2n) is 2.76. The molecule has 0 amide bonds. The van der Waals surface area contributed by atoms with Crippen LogP contribution in [0, 0.1) is 4.77 Å². The van der Waals surface area contributed by atoms with Crippen molar-refractivity contribution in [1.29, 1.82) is 0 Å². The molecule has 0 fully saturated rings. The lowest BCUT2D eigenvalue weighted by Crippen LogP contribution is -2.02. The summed E-state index contributed by atoms with van der Waals surface area (Å²) >= 11 is 5.05. The SMILES string of the molecule is Nc1cc2n[nH]c(=S)n2c2ncnn12. The molecular formula is C6H5N7S. The van der Waals surface area contributed by atoms with Crippen LogP contribution in [-0.2, 0) is 0 Å². The van der Waals surface area contributed by atoms with Gasteiger partial charge in [-0.2, -0.15) is 19.7 Å². The average Bonchev–Trinajstić information content (AvgIpc) is 2.72. The molecule has 7 nitrogen and oxygen atoms in total. The van der Waals surface area contributed by atoms with Crippen molar-refractivity contribution in [2.75, 3.05) is 5.73 Å². The number of hydrogen-bond acceptors (Lipinski definition) is 5. The van der Waals surface area contributed by atoms with Gasteiger partial charge in [0.15, 0.2) is 5.65 Å². The third kappa shape index (κ3) is 0.752. The lowest BCUT2D eigenvalue weighted by Gasteiger charge is -1.98. The molecule has 0 radical (unpaired) electrons. The summed E-state index contributed by atoms with van der Waals surface area (Å²) in [6, 6.07) is 1.67. The second kappa shape index (κ2) is 2.29. The van der Waals surface area contributed by atoms with Crippen LogP contribution in [0.1, 0.15) is 0 Å². The van der Waals surface area contributed by atoms with Crippen LogP contribution in [0.3, 0.4) is 0 Å². The summed E-state index contributed by atoms with van der Waals surface area (Å²) in [6.07, 6.45) is 1.42. The Bertz CT molecular complexity index is 674. The number of anilines is 1. The number of nitrogens with two attached hydrogens (primary N) is 1. The van der Waals surface area contributed by atoms with E-state index in [4.69, 9.17) is 18.0 Å². The minimum absolute atomic E-state index is 0.470. The van der Waals surface area contributed by atoms with E-state index in [1.807, 2.05) is 0 Å². The van der Waals surface area contributed by atoms with Crippen LogP contribution in [-0.4, -0.2) is 29.2 Å². The van der Waals surface area contributed by atoms with Crippen LogP contribution in [0.5, 0.6) is 0 Å². The van der Waals surface area contributed by atoms with Gasteiger partial charge in [0.25, 0.3) is 0 Å². The number of nitrogen functional groups attached to an aromatic ring is 1. The summed E-state index contributed by atoms with van der Waals surface area (Å²) in [6.45, 7) is 0. The van der Waals surface area contributed by atoms with Gasteiger partial charge in [-0.25, -0.2) is 4.40 Å². The molecule has 3 heterocycles. The Morgan fingerprint density at radius 1 is 1.50 bits per heavy atom. The van der Waals surface area contributed by atoms with Gasteiger partial charge in [-0.05, 0) is 12.2 Å². The number of H-pyrrole nitrogens is 1. The lowest BCUT2D eigenvalue weighted by molar-refractivity contribution is 0.936. The van der Waals surface area contributed by atoms with E-state index in [2.05, 4.69) is 20.3 Å². The van der Waals surface area contributed by atoms with Crippen LogP contribution in [0.4, 0.5) is 5.82 Å². The first-order chi connectivity index (χ1) is 6.77. The quantitative estimate of drug-likeness (QED) is 0.507. The van der Waals surface area contributed by atoms with Crippen molar-refractivity contribution >= 4 is 29.5 Å². The zero-order valence-electron chi connectivity index (χ0n) is 6.88. The highest BCUT2D eigenvalue weighted by atomic mass is 32.1. The average molecular weight is 207 g/mol. The summed E-state index contributed by atoms with van der Waals surface area (Å²) in [4.78, 5) is 4.05. The van der Waals surface area contributed by atoms with E-state index in [1.54, 1.807) is 10.5 Å². The first kappa shape index (κ1) is 7.44. The Balaban J connectivity index is 2.77. The standard InChI is InChI=1S/C6H5N7S/c7-3-1-4-10-11-6(14)12(4)5-8-2-9-13(3)5/h1-2H,7H2,(H,11,14). The molecular weight excluding hydrogens is 202 g/mol. The van der Waals surface area contributed by atoms with E-state index in [0.29, 0.717) is 22.0 Å². The number of nitrogens with zero attached hydrogens (tertiary/aromatic N) is 5. The molecule has 3 aromatic rings. The molecule has 0 aromatic carbocycles. The molecule has 3 rings (SSSR count). The zero-order chi connectivity index (χ0) is 9.71. The third-order valence-electron chi connectivity index (χ3n) is 1.95. The first-order valence-electron chi connectivity index (χ1n) is 3.83. The Morgan fingerprint density at radius 2 is 2.36 bits per heavy atom. The highest BCUT2D eigenvalue weighted by Gasteiger charge is 2.07. The van der Waals surface area contributed by atoms with Gasteiger partial charge in [-0.1, -0.05) is 0 Å². The summed E-state index contributed by atoms with van der Waals surface area (Å²) in [7, 11) is 0. The minimum Gasteiger partial charge on any atom is -0.383 e. The molecule has 14 heavy (non-hydrogen) atoms. The van der Waals surface area contributed by atoms with E-state index in [1.165, 1.54) is 10.8 Å². The van der Waals surface area contributed by atoms with E-state index in [9.17, 15) is 0 Å². The molecule has 3 aromatic heterocycles. The van der Waals surface area contributed by atoms with Gasteiger partial charge < -0.3 is 5.73 Å². The highest BCUT2D eigenvalue weighted by Crippen LogP contribution is 2.10. The fourth-order valence-corrected chi connectivity index (χ4v) is 1.58. The molecule has 0 spiro atoms. The molecule has 3 N–H and O–H groups in total. The van der Waals surface area contributed by atoms with E-state index >= 15 is 0 Å². The number of aromatic amines is 1. The molecule has 0 aliphatic heterocycles. The predicted molar refractivity (Wildman–Crippen MR) is 51.3 cm³/mol. The van der Waals surface area contributed by atoms with Gasteiger partial charge in [0.2, 0.25) is 10.5 Å². The molecule has 0 saturated heterocycles. The molecule has 0 aliphatic rings. The van der Waals surface area contributed by atoms with Crippen LogP contribution in [0.15, 0.2) is 12.4 Å². The molecule has 0 saturated carbocycles. The van der Waals surface area contributed by atoms with Crippen molar-refractivity contribution in [1.82, 2.24) is 29.2 Å². The number of fused-ring (bicyclic) bond motifs is 3. The second-order valence-corrected chi connectivity index (χ2v) is 3.15. The lowest BCUT2D eigenvalue weighted by atomic mass is 10.5. The maximum atomic E-state index is 5.74. The highest BCUT2D eigenvalue weighted by molar-refractivity contribution is 7.71. The van der Waals surface area contributed by atoms with Gasteiger partial charge >= 0.3 is 0 Å². The van der Waals surface area contributed by atoms with Gasteiger partial charge in [-0.3, -0.25) is 5.10 Å². The van der Waals surface area contributed by atoms with Crippen molar-refractivity contribution in [3.8, 4) is 0 Å². The van der Waals surface area contributed by atoms with Crippen molar-refractivity contribution in [2.45, 2.75) is 0 Å².